The van der Waals surface area contributed by atoms with Gasteiger partial charge in [-0.15, -0.1) is 0 Å². The van der Waals surface area contributed by atoms with E-state index in [1.807, 2.05) is 30.3 Å². The zero-order valence-electron chi connectivity index (χ0n) is 16.0. The lowest BCUT2D eigenvalue weighted by atomic mass is 9.96. The average molecular weight is 395 g/mol. The summed E-state index contributed by atoms with van der Waals surface area (Å²) in [5.74, 6) is -1.61. The van der Waals surface area contributed by atoms with Crippen LogP contribution >= 0.6 is 0 Å². The van der Waals surface area contributed by atoms with E-state index in [9.17, 15) is 19.5 Å². The van der Waals surface area contributed by atoms with Crippen molar-refractivity contribution in [2.45, 2.75) is 58.0 Å². The molecule has 1 aliphatic heterocycles. The van der Waals surface area contributed by atoms with Crippen LogP contribution in [0.15, 0.2) is 30.3 Å². The number of carbonyl (C=O) groups is 3. The molecule has 0 aromatic heterocycles. The number of benzene rings is 1. The summed E-state index contributed by atoms with van der Waals surface area (Å²) in [6.07, 6.45) is -4.52. The first-order valence-electron chi connectivity index (χ1n) is 8.84. The summed E-state index contributed by atoms with van der Waals surface area (Å²) in [5, 5.41) is 13.2. The molecule has 0 saturated carbocycles. The van der Waals surface area contributed by atoms with Crippen LogP contribution in [-0.2, 0) is 39.9 Å². The fourth-order valence-electron chi connectivity index (χ4n) is 2.87. The van der Waals surface area contributed by atoms with E-state index in [2.05, 4.69) is 5.32 Å². The second kappa shape index (κ2) is 10.2. The van der Waals surface area contributed by atoms with Crippen LogP contribution in [0.2, 0.25) is 0 Å². The van der Waals surface area contributed by atoms with Gasteiger partial charge in [0.1, 0.15) is 24.9 Å². The van der Waals surface area contributed by atoms with E-state index in [4.69, 9.17) is 18.9 Å². The molecule has 1 heterocycles. The molecule has 1 aromatic rings. The molecule has 2 N–H and O–H groups in total. The standard InChI is InChI=1S/C19H25NO8/c1-11(21)20-16-18(27-13(3)23)17(24)15(10-25-12(2)22)28-19(16)26-9-14-7-5-4-6-8-14/h4-8,15-19,24H,9-10H2,1-3H3,(H,20,21)/t15-,16-,17-,18-,19+/m1/s1. The summed E-state index contributed by atoms with van der Waals surface area (Å²) < 4.78 is 21.7. The first kappa shape index (κ1) is 21.8. The minimum atomic E-state index is -1.34. The Balaban J connectivity index is 2.22. The maximum Gasteiger partial charge on any atom is 0.303 e. The zero-order chi connectivity index (χ0) is 20.7. The predicted molar refractivity (Wildman–Crippen MR) is 95.7 cm³/mol. The maximum atomic E-state index is 11.7. The highest BCUT2D eigenvalue weighted by molar-refractivity contribution is 5.73. The van der Waals surface area contributed by atoms with Crippen molar-refractivity contribution in [1.82, 2.24) is 5.32 Å². The van der Waals surface area contributed by atoms with Crippen LogP contribution in [0.4, 0.5) is 0 Å². The van der Waals surface area contributed by atoms with Crippen LogP contribution in [0.1, 0.15) is 26.3 Å². The molecule has 9 nitrogen and oxygen atoms in total. The SMILES string of the molecule is CC(=O)N[C@H]1[C@@H](OCc2ccccc2)O[C@H](COC(C)=O)[C@@H](O)[C@@H]1OC(C)=O. The molecule has 154 valence electrons. The van der Waals surface area contributed by atoms with Gasteiger partial charge in [0.2, 0.25) is 5.91 Å². The van der Waals surface area contributed by atoms with Gasteiger partial charge in [0.15, 0.2) is 12.4 Å². The molecule has 1 fully saturated rings. The Morgan fingerprint density at radius 3 is 2.36 bits per heavy atom. The third kappa shape index (κ3) is 6.29. The molecule has 0 unspecified atom stereocenters. The number of amides is 1. The largest absolute Gasteiger partial charge is 0.463 e. The first-order valence-corrected chi connectivity index (χ1v) is 8.84. The number of hydrogen-bond donors (Lipinski definition) is 2. The van der Waals surface area contributed by atoms with Gasteiger partial charge in [0.05, 0.1) is 6.61 Å². The van der Waals surface area contributed by atoms with Crippen LogP contribution < -0.4 is 5.32 Å². The normalized spacial score (nSPS) is 26.9. The number of esters is 2. The Hall–Kier alpha value is -2.49. The number of rotatable bonds is 7. The van der Waals surface area contributed by atoms with Gasteiger partial charge in [-0.25, -0.2) is 0 Å². The molecule has 0 spiro atoms. The van der Waals surface area contributed by atoms with E-state index in [1.165, 1.54) is 20.8 Å². The van der Waals surface area contributed by atoms with E-state index in [-0.39, 0.29) is 13.2 Å². The van der Waals surface area contributed by atoms with Crippen molar-refractivity contribution in [2.24, 2.45) is 0 Å². The summed E-state index contributed by atoms with van der Waals surface area (Å²) >= 11 is 0. The van der Waals surface area contributed by atoms with Crippen molar-refractivity contribution >= 4 is 17.8 Å². The second-order valence-corrected chi connectivity index (χ2v) is 6.43. The van der Waals surface area contributed by atoms with Crippen LogP contribution in [0.25, 0.3) is 0 Å². The number of hydrogen-bond acceptors (Lipinski definition) is 8. The van der Waals surface area contributed by atoms with Gasteiger partial charge in [-0.3, -0.25) is 14.4 Å². The molecule has 1 aromatic carbocycles. The first-order chi connectivity index (χ1) is 13.3. The quantitative estimate of drug-likeness (QED) is 0.632. The third-order valence-electron chi connectivity index (χ3n) is 4.05. The van der Waals surface area contributed by atoms with Crippen LogP contribution in [-0.4, -0.2) is 60.2 Å². The topological polar surface area (TPSA) is 120 Å². The Morgan fingerprint density at radius 1 is 1.11 bits per heavy atom. The Bertz CT molecular complexity index is 680. The summed E-state index contributed by atoms with van der Waals surface area (Å²) in [6, 6.07) is 8.31. The maximum absolute atomic E-state index is 11.7. The van der Waals surface area contributed by atoms with Crippen molar-refractivity contribution in [2.75, 3.05) is 6.61 Å². The number of aliphatic hydroxyl groups is 1. The predicted octanol–water partition coefficient (Wildman–Crippen LogP) is 0.288. The Kier molecular flexibility index (Phi) is 7.91. The Morgan fingerprint density at radius 2 is 1.79 bits per heavy atom. The van der Waals surface area contributed by atoms with E-state index in [0.717, 1.165) is 5.56 Å². The van der Waals surface area contributed by atoms with Crippen LogP contribution in [0.5, 0.6) is 0 Å². The van der Waals surface area contributed by atoms with Crippen LogP contribution in [0, 0.1) is 0 Å². The van der Waals surface area contributed by atoms with Gasteiger partial charge >= 0.3 is 11.9 Å². The average Bonchev–Trinajstić information content (AvgIpc) is 2.63. The lowest BCUT2D eigenvalue weighted by molar-refractivity contribution is -0.277. The highest BCUT2D eigenvalue weighted by Gasteiger charge is 2.48. The third-order valence-corrected chi connectivity index (χ3v) is 4.05. The minimum absolute atomic E-state index is 0.158. The summed E-state index contributed by atoms with van der Waals surface area (Å²) in [7, 11) is 0. The summed E-state index contributed by atoms with van der Waals surface area (Å²) in [4.78, 5) is 34.3. The summed E-state index contributed by atoms with van der Waals surface area (Å²) in [6.45, 7) is 3.60. The molecule has 1 amide bonds. The second-order valence-electron chi connectivity index (χ2n) is 6.43. The molecule has 0 bridgehead atoms. The fraction of sp³-hybridized carbons (Fsp3) is 0.526. The van der Waals surface area contributed by atoms with E-state index in [0.29, 0.717) is 0 Å². The molecule has 0 radical (unpaired) electrons. The van der Waals surface area contributed by atoms with E-state index in [1.54, 1.807) is 0 Å². The zero-order valence-corrected chi connectivity index (χ0v) is 16.0. The molecule has 5 atom stereocenters. The van der Waals surface area contributed by atoms with Crippen molar-refractivity contribution in [3.05, 3.63) is 35.9 Å². The molecule has 2 rings (SSSR count). The monoisotopic (exact) mass is 395 g/mol. The molecule has 0 aliphatic carbocycles. The van der Waals surface area contributed by atoms with Gasteiger partial charge < -0.3 is 29.4 Å². The molecule has 28 heavy (non-hydrogen) atoms. The molecule has 1 saturated heterocycles. The van der Waals surface area contributed by atoms with Gasteiger partial charge in [-0.05, 0) is 5.56 Å². The van der Waals surface area contributed by atoms with Gasteiger partial charge in [-0.1, -0.05) is 30.3 Å². The molecular formula is C19H25NO8. The Labute approximate surface area is 162 Å². The van der Waals surface area contributed by atoms with Crippen molar-refractivity contribution in [1.29, 1.82) is 0 Å². The molecular weight excluding hydrogens is 370 g/mol. The number of aliphatic hydroxyl groups excluding tert-OH is 1. The molecule has 1 aliphatic rings. The van der Waals surface area contributed by atoms with Crippen molar-refractivity contribution in [3.63, 3.8) is 0 Å². The highest BCUT2D eigenvalue weighted by Crippen LogP contribution is 2.26. The van der Waals surface area contributed by atoms with Gasteiger partial charge in [0, 0.05) is 20.8 Å². The molecule has 9 heteroatoms. The smallest absolute Gasteiger partial charge is 0.303 e. The lowest BCUT2D eigenvalue weighted by Crippen LogP contribution is -2.65. The lowest BCUT2D eigenvalue weighted by Gasteiger charge is -2.43. The highest BCUT2D eigenvalue weighted by atomic mass is 16.7. The number of carbonyl (C=O) groups excluding carboxylic acids is 3. The van der Waals surface area contributed by atoms with Gasteiger partial charge in [-0.2, -0.15) is 0 Å². The van der Waals surface area contributed by atoms with Crippen molar-refractivity contribution in [3.8, 4) is 0 Å². The summed E-state index contributed by atoms with van der Waals surface area (Å²) in [5.41, 5.74) is 0.861. The van der Waals surface area contributed by atoms with E-state index >= 15 is 0 Å². The van der Waals surface area contributed by atoms with Gasteiger partial charge in [0.25, 0.3) is 0 Å². The minimum Gasteiger partial charge on any atom is -0.463 e. The number of nitrogens with one attached hydrogen (secondary N) is 1. The van der Waals surface area contributed by atoms with Crippen LogP contribution in [0.3, 0.4) is 0 Å². The fourth-order valence-corrected chi connectivity index (χ4v) is 2.87. The van der Waals surface area contributed by atoms with Crippen molar-refractivity contribution < 1.29 is 38.4 Å². The number of ether oxygens (including phenoxy) is 4. The van der Waals surface area contributed by atoms with E-state index < -0.39 is 48.5 Å².